The Kier molecular flexibility index (Phi) is 2.99. The smallest absolute Gasteiger partial charge is 0.357 e. The van der Waals surface area contributed by atoms with Crippen molar-refractivity contribution < 1.29 is 19.1 Å². The number of carbonyl (C=O) groups is 2. The average Bonchev–Trinajstić information content (AvgIpc) is 2.78. The fourth-order valence-electron chi connectivity index (χ4n) is 1.86. The Bertz CT molecular complexity index is 435. The molecule has 0 aromatic carbocycles. The molecule has 0 spiro atoms. The number of hydrogen-bond acceptors (Lipinski definition) is 5. The number of nitrogens with two attached hydrogens (primary N) is 1. The molecule has 1 amide bonds. The molecule has 0 unspecified atom stereocenters. The van der Waals surface area contributed by atoms with Gasteiger partial charge in [0.2, 0.25) is 5.91 Å². The SMILES string of the molecule is NC(=O)C1CCN(c2nc(C(=O)O)co2)CC1. The van der Waals surface area contributed by atoms with E-state index in [1.165, 1.54) is 0 Å². The fraction of sp³-hybridized carbons (Fsp3) is 0.500. The minimum atomic E-state index is -1.12. The highest BCUT2D eigenvalue weighted by Gasteiger charge is 2.25. The highest BCUT2D eigenvalue weighted by Crippen LogP contribution is 2.22. The van der Waals surface area contributed by atoms with Crippen LogP contribution < -0.4 is 10.6 Å². The molecule has 0 aliphatic carbocycles. The zero-order chi connectivity index (χ0) is 12.4. The Morgan fingerprint density at radius 1 is 1.47 bits per heavy atom. The van der Waals surface area contributed by atoms with Crippen LogP contribution in [0.4, 0.5) is 6.01 Å². The highest BCUT2D eigenvalue weighted by molar-refractivity contribution is 5.85. The first kappa shape index (κ1) is 11.4. The second-order valence-electron chi connectivity index (χ2n) is 3.98. The van der Waals surface area contributed by atoms with Gasteiger partial charge in [0.15, 0.2) is 5.69 Å². The van der Waals surface area contributed by atoms with E-state index >= 15 is 0 Å². The number of carbonyl (C=O) groups excluding carboxylic acids is 1. The van der Waals surface area contributed by atoms with E-state index in [1.807, 2.05) is 4.90 Å². The van der Waals surface area contributed by atoms with Crippen LogP contribution in [0.2, 0.25) is 0 Å². The number of hydrogen-bond donors (Lipinski definition) is 2. The molecule has 3 N–H and O–H groups in total. The Hall–Kier alpha value is -2.05. The van der Waals surface area contributed by atoms with Gasteiger partial charge < -0.3 is 20.2 Å². The predicted molar refractivity (Wildman–Crippen MR) is 57.6 cm³/mol. The number of anilines is 1. The van der Waals surface area contributed by atoms with Gasteiger partial charge in [0.05, 0.1) is 0 Å². The van der Waals surface area contributed by atoms with Crippen molar-refractivity contribution in [2.45, 2.75) is 12.8 Å². The zero-order valence-corrected chi connectivity index (χ0v) is 9.13. The molecule has 0 radical (unpaired) electrons. The number of aromatic nitrogens is 1. The van der Waals surface area contributed by atoms with Gasteiger partial charge in [0.25, 0.3) is 6.01 Å². The summed E-state index contributed by atoms with van der Waals surface area (Å²) in [6.07, 6.45) is 2.39. The van der Waals surface area contributed by atoms with Gasteiger partial charge in [0, 0.05) is 19.0 Å². The molecule has 1 fully saturated rings. The molecular weight excluding hydrogens is 226 g/mol. The molecule has 1 aromatic heterocycles. The van der Waals surface area contributed by atoms with Crippen LogP contribution in [0.5, 0.6) is 0 Å². The minimum Gasteiger partial charge on any atom is -0.476 e. The van der Waals surface area contributed by atoms with Crippen molar-refractivity contribution >= 4 is 17.9 Å². The van der Waals surface area contributed by atoms with Gasteiger partial charge in [-0.1, -0.05) is 0 Å². The maximum Gasteiger partial charge on any atom is 0.357 e. The van der Waals surface area contributed by atoms with Gasteiger partial charge in [-0.25, -0.2) is 4.79 Å². The normalized spacial score (nSPS) is 17.1. The Morgan fingerprint density at radius 3 is 2.59 bits per heavy atom. The molecule has 0 saturated carbocycles. The maximum atomic E-state index is 11.0. The van der Waals surface area contributed by atoms with Gasteiger partial charge in [-0.2, -0.15) is 4.98 Å². The molecule has 1 aromatic rings. The van der Waals surface area contributed by atoms with E-state index in [1.54, 1.807) is 0 Å². The topological polar surface area (TPSA) is 110 Å². The van der Waals surface area contributed by atoms with Crippen LogP contribution in [0, 0.1) is 5.92 Å². The van der Waals surface area contributed by atoms with Gasteiger partial charge in [-0.05, 0) is 12.8 Å². The second-order valence-corrected chi connectivity index (χ2v) is 3.98. The van der Waals surface area contributed by atoms with E-state index in [4.69, 9.17) is 15.3 Å². The van der Waals surface area contributed by atoms with Crippen LogP contribution in [0.3, 0.4) is 0 Å². The number of oxazole rings is 1. The lowest BCUT2D eigenvalue weighted by molar-refractivity contribution is -0.122. The Labute approximate surface area is 97.2 Å². The molecule has 2 rings (SSSR count). The summed E-state index contributed by atoms with van der Waals surface area (Å²) in [5.74, 6) is -1.52. The molecule has 7 nitrogen and oxygen atoms in total. The summed E-state index contributed by atoms with van der Waals surface area (Å²) in [4.78, 5) is 27.3. The number of aromatic carboxylic acids is 1. The fourth-order valence-corrected chi connectivity index (χ4v) is 1.86. The number of amides is 1. The van der Waals surface area contributed by atoms with Crippen LogP contribution in [0.15, 0.2) is 10.7 Å². The van der Waals surface area contributed by atoms with Crippen LogP contribution in [-0.2, 0) is 4.79 Å². The summed E-state index contributed by atoms with van der Waals surface area (Å²) in [5.41, 5.74) is 5.11. The summed E-state index contributed by atoms with van der Waals surface area (Å²) < 4.78 is 5.08. The molecular formula is C10H13N3O4. The first-order valence-corrected chi connectivity index (χ1v) is 5.31. The molecule has 1 aliphatic rings. The lowest BCUT2D eigenvalue weighted by atomic mass is 9.97. The molecule has 17 heavy (non-hydrogen) atoms. The first-order chi connectivity index (χ1) is 8.08. The number of carboxylic acid groups (broad SMARTS) is 1. The molecule has 1 aliphatic heterocycles. The lowest BCUT2D eigenvalue weighted by Gasteiger charge is -2.29. The van der Waals surface area contributed by atoms with Crippen LogP contribution in [-0.4, -0.2) is 35.1 Å². The highest BCUT2D eigenvalue weighted by atomic mass is 16.4. The van der Waals surface area contributed by atoms with Crippen LogP contribution in [0.1, 0.15) is 23.3 Å². The Balaban J connectivity index is 2.00. The van der Waals surface area contributed by atoms with E-state index in [0.717, 1.165) is 6.26 Å². The summed E-state index contributed by atoms with van der Waals surface area (Å²) in [5, 5.41) is 8.71. The van der Waals surface area contributed by atoms with Gasteiger partial charge in [-0.15, -0.1) is 0 Å². The Morgan fingerprint density at radius 2 is 2.12 bits per heavy atom. The third-order valence-electron chi connectivity index (χ3n) is 2.88. The third kappa shape index (κ3) is 2.38. The van der Waals surface area contributed by atoms with Crippen molar-refractivity contribution in [1.29, 1.82) is 0 Å². The summed E-state index contributed by atoms with van der Waals surface area (Å²) in [7, 11) is 0. The van der Waals surface area contributed by atoms with Crippen LogP contribution in [0.25, 0.3) is 0 Å². The molecule has 0 atom stereocenters. The maximum absolute atomic E-state index is 11.0. The van der Waals surface area contributed by atoms with E-state index in [0.29, 0.717) is 25.9 Å². The third-order valence-corrected chi connectivity index (χ3v) is 2.88. The van der Waals surface area contributed by atoms with Crippen molar-refractivity contribution in [3.8, 4) is 0 Å². The number of primary amides is 1. The quantitative estimate of drug-likeness (QED) is 0.772. The van der Waals surface area contributed by atoms with Gasteiger partial charge in [-0.3, -0.25) is 4.79 Å². The van der Waals surface area contributed by atoms with Crippen molar-refractivity contribution in [1.82, 2.24) is 4.98 Å². The second kappa shape index (κ2) is 4.44. The monoisotopic (exact) mass is 239 g/mol. The summed E-state index contributed by atoms with van der Waals surface area (Å²) >= 11 is 0. The molecule has 92 valence electrons. The van der Waals surface area contributed by atoms with Crippen molar-refractivity contribution in [3.05, 3.63) is 12.0 Å². The van der Waals surface area contributed by atoms with E-state index in [-0.39, 0.29) is 23.5 Å². The van der Waals surface area contributed by atoms with E-state index < -0.39 is 5.97 Å². The summed E-state index contributed by atoms with van der Waals surface area (Å²) in [6, 6.07) is 0.283. The summed E-state index contributed by atoms with van der Waals surface area (Å²) in [6.45, 7) is 1.18. The molecule has 0 bridgehead atoms. The van der Waals surface area contributed by atoms with Crippen molar-refractivity contribution in [2.75, 3.05) is 18.0 Å². The van der Waals surface area contributed by atoms with Crippen molar-refractivity contribution in [2.24, 2.45) is 11.7 Å². The largest absolute Gasteiger partial charge is 0.476 e. The minimum absolute atomic E-state index is 0.111. The molecule has 7 heteroatoms. The number of nitrogens with zero attached hydrogens (tertiary/aromatic N) is 2. The lowest BCUT2D eigenvalue weighted by Crippen LogP contribution is -2.38. The van der Waals surface area contributed by atoms with Crippen LogP contribution >= 0.6 is 0 Å². The van der Waals surface area contributed by atoms with Gasteiger partial charge >= 0.3 is 5.97 Å². The first-order valence-electron chi connectivity index (χ1n) is 5.31. The number of piperidine rings is 1. The molecule has 1 saturated heterocycles. The number of carboxylic acids is 1. The number of rotatable bonds is 3. The predicted octanol–water partition coefficient (Wildman–Crippen LogP) is 0.0745. The zero-order valence-electron chi connectivity index (χ0n) is 9.13. The van der Waals surface area contributed by atoms with E-state index in [9.17, 15) is 9.59 Å². The molecule has 2 heterocycles. The van der Waals surface area contributed by atoms with Crippen molar-refractivity contribution in [3.63, 3.8) is 0 Å². The van der Waals surface area contributed by atoms with E-state index in [2.05, 4.69) is 4.98 Å². The standard InChI is InChI=1S/C10H13N3O4/c11-8(14)6-1-3-13(4-2-6)10-12-7(5-17-10)9(15)16/h5-6H,1-4H2,(H2,11,14)(H,15,16). The van der Waals surface area contributed by atoms with Gasteiger partial charge in [0.1, 0.15) is 6.26 Å². The average molecular weight is 239 g/mol.